The Labute approximate surface area is 157 Å². The number of benzene rings is 2. The molecular formula is C19H15N3O2S2. The Kier molecular flexibility index (Phi) is 4.48. The van der Waals surface area contributed by atoms with Crippen LogP contribution in [-0.4, -0.2) is 21.6 Å². The van der Waals surface area contributed by atoms with Crippen molar-refractivity contribution in [2.24, 2.45) is 0 Å². The van der Waals surface area contributed by atoms with Gasteiger partial charge >= 0.3 is 0 Å². The van der Waals surface area contributed by atoms with Crippen LogP contribution in [-0.2, 0) is 4.79 Å². The molecule has 4 rings (SSSR count). The molecule has 0 spiro atoms. The van der Waals surface area contributed by atoms with E-state index in [4.69, 9.17) is 0 Å². The van der Waals surface area contributed by atoms with Crippen molar-refractivity contribution in [3.8, 4) is 0 Å². The molecule has 0 aliphatic heterocycles. The van der Waals surface area contributed by atoms with Crippen LogP contribution in [0, 0.1) is 6.92 Å². The number of amides is 1. The van der Waals surface area contributed by atoms with Gasteiger partial charge in [-0.2, -0.15) is 0 Å². The third-order valence-electron chi connectivity index (χ3n) is 3.90. The van der Waals surface area contributed by atoms with Crippen molar-refractivity contribution >= 4 is 55.0 Å². The number of carbonyl (C=O) groups is 1. The van der Waals surface area contributed by atoms with Crippen LogP contribution in [0.2, 0.25) is 0 Å². The van der Waals surface area contributed by atoms with Gasteiger partial charge in [-0.25, -0.2) is 4.98 Å². The average molecular weight is 381 g/mol. The standard InChI is InChI=1S/C19H15N3O2S2/c1-11-6-8-12(9-7-11)20-15(23)10-25-19-21-17(24)16-13-4-2-3-5-14(13)26-18(16)22-19/h2-9H,10H2,1H3,(H,20,23)(H,21,22,24). The molecule has 2 aromatic carbocycles. The van der Waals surface area contributed by atoms with E-state index in [9.17, 15) is 9.59 Å². The molecule has 0 radical (unpaired) electrons. The zero-order valence-corrected chi connectivity index (χ0v) is 15.5. The van der Waals surface area contributed by atoms with Crippen molar-refractivity contribution in [1.82, 2.24) is 9.97 Å². The molecule has 130 valence electrons. The molecule has 0 saturated heterocycles. The zero-order chi connectivity index (χ0) is 18.1. The van der Waals surface area contributed by atoms with Crippen molar-refractivity contribution < 1.29 is 4.79 Å². The topological polar surface area (TPSA) is 74.8 Å². The van der Waals surface area contributed by atoms with E-state index < -0.39 is 0 Å². The zero-order valence-electron chi connectivity index (χ0n) is 13.9. The third-order valence-corrected chi connectivity index (χ3v) is 5.84. The first-order chi connectivity index (χ1) is 12.6. The largest absolute Gasteiger partial charge is 0.325 e. The summed E-state index contributed by atoms with van der Waals surface area (Å²) in [5, 5.41) is 4.81. The first kappa shape index (κ1) is 16.8. The molecule has 0 fully saturated rings. The van der Waals surface area contributed by atoms with Gasteiger partial charge in [0.05, 0.1) is 11.1 Å². The van der Waals surface area contributed by atoms with Crippen molar-refractivity contribution in [2.45, 2.75) is 12.1 Å². The monoisotopic (exact) mass is 381 g/mol. The number of hydrogen-bond donors (Lipinski definition) is 2. The van der Waals surface area contributed by atoms with Gasteiger partial charge in [0.15, 0.2) is 5.16 Å². The number of rotatable bonds is 4. The third kappa shape index (κ3) is 3.36. The fraction of sp³-hybridized carbons (Fsp3) is 0.105. The Morgan fingerprint density at radius 1 is 1.19 bits per heavy atom. The number of aryl methyl sites for hydroxylation is 1. The first-order valence-electron chi connectivity index (χ1n) is 8.01. The summed E-state index contributed by atoms with van der Waals surface area (Å²) in [5.41, 5.74) is 1.72. The molecule has 4 aromatic rings. The maximum atomic E-state index is 12.4. The number of aromatic amines is 1. The van der Waals surface area contributed by atoms with Crippen LogP contribution in [0.4, 0.5) is 5.69 Å². The van der Waals surface area contributed by atoms with E-state index in [0.29, 0.717) is 15.4 Å². The Bertz CT molecular complexity index is 1160. The highest BCUT2D eigenvalue weighted by molar-refractivity contribution is 7.99. The van der Waals surface area contributed by atoms with Gasteiger partial charge in [0.2, 0.25) is 5.91 Å². The number of nitrogens with zero attached hydrogens (tertiary/aromatic N) is 1. The highest BCUT2D eigenvalue weighted by atomic mass is 32.2. The van der Waals surface area contributed by atoms with Gasteiger partial charge in [-0.05, 0) is 25.1 Å². The lowest BCUT2D eigenvalue weighted by atomic mass is 10.2. The minimum Gasteiger partial charge on any atom is -0.325 e. The quantitative estimate of drug-likeness (QED) is 0.411. The number of hydrogen-bond acceptors (Lipinski definition) is 5. The predicted molar refractivity (Wildman–Crippen MR) is 108 cm³/mol. The summed E-state index contributed by atoms with van der Waals surface area (Å²) in [6.45, 7) is 1.99. The van der Waals surface area contributed by atoms with E-state index in [1.807, 2.05) is 55.5 Å². The van der Waals surface area contributed by atoms with Gasteiger partial charge in [0.1, 0.15) is 4.83 Å². The Morgan fingerprint density at radius 3 is 2.77 bits per heavy atom. The molecule has 2 N–H and O–H groups in total. The number of thiophene rings is 1. The summed E-state index contributed by atoms with van der Waals surface area (Å²) in [6.07, 6.45) is 0. The molecule has 0 unspecified atom stereocenters. The summed E-state index contributed by atoms with van der Waals surface area (Å²) in [5.74, 6) is 0.0330. The molecule has 0 atom stereocenters. The van der Waals surface area contributed by atoms with Crippen LogP contribution >= 0.6 is 23.1 Å². The number of carbonyl (C=O) groups excluding carboxylic acids is 1. The van der Waals surface area contributed by atoms with Crippen LogP contribution in [0.25, 0.3) is 20.3 Å². The van der Waals surface area contributed by atoms with E-state index in [1.165, 1.54) is 23.1 Å². The van der Waals surface area contributed by atoms with Crippen LogP contribution in [0.15, 0.2) is 58.5 Å². The normalized spacial score (nSPS) is 11.1. The lowest BCUT2D eigenvalue weighted by Crippen LogP contribution is -2.15. The molecule has 0 aliphatic rings. The molecule has 26 heavy (non-hydrogen) atoms. The SMILES string of the molecule is Cc1ccc(NC(=O)CSc2nc3sc4ccccc4c3c(=O)[nH]2)cc1. The number of H-pyrrole nitrogens is 1. The van der Waals surface area contributed by atoms with Gasteiger partial charge in [0.25, 0.3) is 5.56 Å². The fourth-order valence-corrected chi connectivity index (χ4v) is 4.44. The molecule has 5 nitrogen and oxygen atoms in total. The highest BCUT2D eigenvalue weighted by Crippen LogP contribution is 2.30. The minimum absolute atomic E-state index is 0.141. The summed E-state index contributed by atoms with van der Waals surface area (Å²) in [7, 11) is 0. The summed E-state index contributed by atoms with van der Waals surface area (Å²) >= 11 is 2.70. The number of nitrogens with one attached hydrogen (secondary N) is 2. The lowest BCUT2D eigenvalue weighted by Gasteiger charge is -2.05. The van der Waals surface area contributed by atoms with Crippen molar-refractivity contribution in [3.05, 3.63) is 64.4 Å². The molecule has 1 amide bonds. The smallest absolute Gasteiger partial charge is 0.260 e. The number of fused-ring (bicyclic) bond motifs is 3. The Morgan fingerprint density at radius 2 is 1.96 bits per heavy atom. The first-order valence-corrected chi connectivity index (χ1v) is 9.81. The van der Waals surface area contributed by atoms with E-state index in [2.05, 4.69) is 15.3 Å². The molecule has 0 bridgehead atoms. The second-order valence-corrected chi connectivity index (χ2v) is 7.85. The maximum absolute atomic E-state index is 12.4. The number of thioether (sulfide) groups is 1. The average Bonchev–Trinajstić information content (AvgIpc) is 3.01. The summed E-state index contributed by atoms with van der Waals surface area (Å²) in [4.78, 5) is 32.5. The molecule has 2 heterocycles. The van der Waals surface area contributed by atoms with Gasteiger partial charge in [-0.1, -0.05) is 47.7 Å². The molecule has 7 heteroatoms. The van der Waals surface area contributed by atoms with E-state index in [-0.39, 0.29) is 17.2 Å². The Hall–Kier alpha value is -2.64. The predicted octanol–water partition coefficient (Wildman–Crippen LogP) is 4.18. The summed E-state index contributed by atoms with van der Waals surface area (Å²) in [6, 6.07) is 15.4. The second kappa shape index (κ2) is 6.93. The van der Waals surface area contributed by atoms with Crippen LogP contribution in [0.5, 0.6) is 0 Å². The Balaban J connectivity index is 1.52. The van der Waals surface area contributed by atoms with E-state index in [0.717, 1.165) is 21.3 Å². The molecule has 0 aliphatic carbocycles. The molecule has 2 aromatic heterocycles. The fourth-order valence-electron chi connectivity index (χ4n) is 2.65. The van der Waals surface area contributed by atoms with Crippen molar-refractivity contribution in [3.63, 3.8) is 0 Å². The summed E-state index contributed by atoms with van der Waals surface area (Å²) < 4.78 is 1.03. The van der Waals surface area contributed by atoms with E-state index in [1.54, 1.807) is 0 Å². The van der Waals surface area contributed by atoms with Gasteiger partial charge in [-0.15, -0.1) is 11.3 Å². The van der Waals surface area contributed by atoms with Crippen LogP contribution in [0.3, 0.4) is 0 Å². The minimum atomic E-state index is -0.172. The van der Waals surface area contributed by atoms with Crippen LogP contribution < -0.4 is 10.9 Å². The second-order valence-electron chi connectivity index (χ2n) is 5.85. The van der Waals surface area contributed by atoms with E-state index >= 15 is 0 Å². The lowest BCUT2D eigenvalue weighted by molar-refractivity contribution is -0.113. The molecular weight excluding hydrogens is 366 g/mol. The number of aromatic nitrogens is 2. The van der Waals surface area contributed by atoms with Crippen LogP contribution in [0.1, 0.15) is 5.56 Å². The van der Waals surface area contributed by atoms with Crippen molar-refractivity contribution in [1.29, 1.82) is 0 Å². The van der Waals surface area contributed by atoms with Crippen molar-refractivity contribution in [2.75, 3.05) is 11.1 Å². The van der Waals surface area contributed by atoms with Gasteiger partial charge in [-0.3, -0.25) is 9.59 Å². The molecule has 0 saturated carbocycles. The van der Waals surface area contributed by atoms with Gasteiger partial charge < -0.3 is 10.3 Å². The highest BCUT2D eigenvalue weighted by Gasteiger charge is 2.12. The maximum Gasteiger partial charge on any atom is 0.260 e. The number of anilines is 1. The van der Waals surface area contributed by atoms with Gasteiger partial charge in [0, 0.05) is 15.8 Å².